The lowest BCUT2D eigenvalue weighted by Crippen LogP contribution is -2.28. The van der Waals surface area contributed by atoms with E-state index in [1.54, 1.807) is 60.7 Å². The van der Waals surface area contributed by atoms with Crippen LogP contribution in [0.5, 0.6) is 5.75 Å². The summed E-state index contributed by atoms with van der Waals surface area (Å²) in [5, 5.41) is 3.59. The first-order valence-corrected chi connectivity index (χ1v) is 12.4. The van der Waals surface area contributed by atoms with Gasteiger partial charge in [-0.3, -0.25) is 4.79 Å². The van der Waals surface area contributed by atoms with Crippen molar-refractivity contribution in [2.45, 2.75) is 31.3 Å². The van der Waals surface area contributed by atoms with E-state index in [-0.39, 0.29) is 23.4 Å². The average Bonchev–Trinajstić information content (AvgIpc) is 2.81. The van der Waals surface area contributed by atoms with Crippen LogP contribution in [0.25, 0.3) is 0 Å². The zero-order chi connectivity index (χ0) is 24.0. The largest absolute Gasteiger partial charge is 0.494 e. The van der Waals surface area contributed by atoms with Gasteiger partial charge in [-0.1, -0.05) is 41.9 Å². The third-order valence-electron chi connectivity index (χ3n) is 5.18. The molecule has 1 atom stereocenters. The first kappa shape index (κ1) is 24.8. The lowest BCUT2D eigenvalue weighted by Gasteiger charge is -2.20. The Hall–Kier alpha value is -2.87. The average molecular weight is 487 g/mol. The summed E-state index contributed by atoms with van der Waals surface area (Å²) in [5.74, 6) is 0.269. The summed E-state index contributed by atoms with van der Waals surface area (Å²) < 4.78 is 32.8. The molecular formula is C25H27ClN2O4S. The maximum atomic E-state index is 12.9. The quantitative estimate of drug-likeness (QED) is 0.459. The molecule has 0 fully saturated rings. The van der Waals surface area contributed by atoms with Gasteiger partial charge >= 0.3 is 0 Å². The van der Waals surface area contributed by atoms with Gasteiger partial charge in [-0.2, -0.15) is 4.31 Å². The Labute approximate surface area is 200 Å². The van der Waals surface area contributed by atoms with Crippen LogP contribution in [0.3, 0.4) is 0 Å². The Morgan fingerprint density at radius 2 is 1.73 bits per heavy atom. The number of hydrogen-bond donors (Lipinski definition) is 1. The zero-order valence-electron chi connectivity index (χ0n) is 18.8. The first-order chi connectivity index (χ1) is 15.7. The van der Waals surface area contributed by atoms with Crippen molar-refractivity contribution >= 4 is 27.5 Å². The number of halogens is 1. The van der Waals surface area contributed by atoms with Crippen molar-refractivity contribution in [2.75, 3.05) is 13.7 Å². The van der Waals surface area contributed by atoms with Gasteiger partial charge in [-0.05, 0) is 61.9 Å². The van der Waals surface area contributed by atoms with Crippen LogP contribution in [0.1, 0.15) is 41.4 Å². The molecule has 0 saturated heterocycles. The van der Waals surface area contributed by atoms with Crippen LogP contribution in [0.15, 0.2) is 77.7 Å². The summed E-state index contributed by atoms with van der Waals surface area (Å²) in [6.45, 7) is 4.21. The minimum absolute atomic E-state index is 0.0560. The monoisotopic (exact) mass is 486 g/mol. The molecule has 0 unspecified atom stereocenters. The number of carbonyl (C=O) groups excluding carboxylic acids is 1. The van der Waals surface area contributed by atoms with Crippen molar-refractivity contribution in [2.24, 2.45) is 0 Å². The van der Waals surface area contributed by atoms with E-state index in [2.05, 4.69) is 5.32 Å². The van der Waals surface area contributed by atoms with Crippen LogP contribution in [0, 0.1) is 0 Å². The molecule has 0 radical (unpaired) electrons. The molecule has 0 heterocycles. The number of benzene rings is 3. The number of hydrogen-bond acceptors (Lipinski definition) is 4. The molecule has 6 nitrogen and oxygen atoms in total. The highest BCUT2D eigenvalue weighted by molar-refractivity contribution is 7.89. The Morgan fingerprint density at radius 1 is 1.06 bits per heavy atom. The van der Waals surface area contributed by atoms with Crippen molar-refractivity contribution in [3.63, 3.8) is 0 Å². The summed E-state index contributed by atoms with van der Waals surface area (Å²) >= 11 is 5.94. The third kappa shape index (κ3) is 6.13. The minimum atomic E-state index is -3.69. The second-order valence-corrected chi connectivity index (χ2v) is 10.1. The molecule has 174 valence electrons. The highest BCUT2D eigenvalue weighted by atomic mass is 35.5. The lowest BCUT2D eigenvalue weighted by molar-refractivity contribution is 0.0939. The van der Waals surface area contributed by atoms with E-state index in [1.807, 2.05) is 26.0 Å². The first-order valence-electron chi connectivity index (χ1n) is 10.6. The molecule has 0 aromatic heterocycles. The number of carbonyl (C=O) groups is 1. The van der Waals surface area contributed by atoms with Crippen molar-refractivity contribution < 1.29 is 17.9 Å². The second-order valence-electron chi connectivity index (χ2n) is 7.58. The van der Waals surface area contributed by atoms with Gasteiger partial charge in [0.15, 0.2) is 0 Å². The smallest absolute Gasteiger partial charge is 0.251 e. The predicted molar refractivity (Wildman–Crippen MR) is 130 cm³/mol. The standard InChI is InChI=1S/C25H27ClN2O4S/c1-4-32-24-15-12-20(25(29)27-18(2)19-10-13-22(26)14-11-19)16-21(24)17-28(3)33(30,31)23-8-6-5-7-9-23/h5-16,18H,4,17H2,1-3H3,(H,27,29)/t18-/m1/s1. The van der Waals surface area contributed by atoms with Crippen molar-refractivity contribution in [1.29, 1.82) is 0 Å². The van der Waals surface area contributed by atoms with Gasteiger partial charge in [0.2, 0.25) is 10.0 Å². The molecule has 0 saturated carbocycles. The molecule has 0 spiro atoms. The Morgan fingerprint density at radius 3 is 2.36 bits per heavy atom. The molecule has 1 amide bonds. The summed E-state index contributed by atoms with van der Waals surface area (Å²) in [7, 11) is -2.19. The fourth-order valence-corrected chi connectivity index (χ4v) is 4.65. The minimum Gasteiger partial charge on any atom is -0.494 e. The van der Waals surface area contributed by atoms with Gasteiger partial charge in [0, 0.05) is 29.7 Å². The molecular weight excluding hydrogens is 460 g/mol. The van der Waals surface area contributed by atoms with Gasteiger partial charge in [0.1, 0.15) is 5.75 Å². The molecule has 33 heavy (non-hydrogen) atoms. The van der Waals surface area contributed by atoms with E-state index in [9.17, 15) is 13.2 Å². The van der Waals surface area contributed by atoms with Gasteiger partial charge in [0.25, 0.3) is 5.91 Å². The highest BCUT2D eigenvalue weighted by Crippen LogP contribution is 2.25. The van der Waals surface area contributed by atoms with Crippen LogP contribution in [0.2, 0.25) is 5.02 Å². The molecule has 3 rings (SSSR count). The van der Waals surface area contributed by atoms with Crippen LogP contribution in [-0.2, 0) is 16.6 Å². The van der Waals surface area contributed by atoms with Crippen molar-refractivity contribution in [3.8, 4) is 5.75 Å². The predicted octanol–water partition coefficient (Wildman–Crippen LogP) is 5.05. The van der Waals surface area contributed by atoms with Crippen molar-refractivity contribution in [3.05, 3.63) is 94.5 Å². The van der Waals surface area contributed by atoms with Gasteiger partial charge in [-0.15, -0.1) is 0 Å². The Kier molecular flexibility index (Phi) is 8.13. The van der Waals surface area contributed by atoms with E-state index in [1.165, 1.54) is 11.4 Å². The molecule has 3 aromatic carbocycles. The second kappa shape index (κ2) is 10.8. The molecule has 0 aliphatic heterocycles. The molecule has 3 aromatic rings. The maximum Gasteiger partial charge on any atom is 0.251 e. The van der Waals surface area contributed by atoms with E-state index in [0.717, 1.165) is 5.56 Å². The van der Waals surface area contributed by atoms with Gasteiger partial charge in [-0.25, -0.2) is 8.42 Å². The third-order valence-corrected chi connectivity index (χ3v) is 7.25. The molecule has 8 heteroatoms. The summed E-state index contributed by atoms with van der Waals surface area (Å²) in [4.78, 5) is 13.1. The zero-order valence-corrected chi connectivity index (χ0v) is 20.4. The number of sulfonamides is 1. The summed E-state index contributed by atoms with van der Waals surface area (Å²) in [6, 6.07) is 20.3. The van der Waals surface area contributed by atoms with E-state index >= 15 is 0 Å². The molecule has 0 aliphatic carbocycles. The van der Waals surface area contributed by atoms with Crippen LogP contribution in [-0.4, -0.2) is 32.3 Å². The van der Waals surface area contributed by atoms with Gasteiger partial charge < -0.3 is 10.1 Å². The highest BCUT2D eigenvalue weighted by Gasteiger charge is 2.23. The SMILES string of the molecule is CCOc1ccc(C(=O)N[C@H](C)c2ccc(Cl)cc2)cc1CN(C)S(=O)(=O)c1ccccc1. The summed E-state index contributed by atoms with van der Waals surface area (Å²) in [5.41, 5.74) is 1.94. The van der Waals surface area contributed by atoms with Crippen LogP contribution in [0.4, 0.5) is 0 Å². The topological polar surface area (TPSA) is 75.7 Å². The molecule has 0 aliphatic rings. The van der Waals surface area contributed by atoms with Crippen molar-refractivity contribution in [1.82, 2.24) is 9.62 Å². The number of nitrogens with one attached hydrogen (secondary N) is 1. The molecule has 1 N–H and O–H groups in total. The molecule has 0 bridgehead atoms. The Balaban J connectivity index is 1.82. The van der Waals surface area contributed by atoms with E-state index in [4.69, 9.17) is 16.3 Å². The number of nitrogens with zero attached hydrogens (tertiary/aromatic N) is 1. The fourth-order valence-electron chi connectivity index (χ4n) is 3.35. The fraction of sp³-hybridized carbons (Fsp3) is 0.240. The van der Waals surface area contributed by atoms with E-state index in [0.29, 0.717) is 28.5 Å². The normalized spacial score (nSPS) is 12.4. The number of amides is 1. The Bertz CT molecular complexity index is 1200. The number of ether oxygens (including phenoxy) is 1. The maximum absolute atomic E-state index is 12.9. The van der Waals surface area contributed by atoms with E-state index < -0.39 is 10.0 Å². The van der Waals surface area contributed by atoms with Crippen LogP contribution >= 0.6 is 11.6 Å². The lowest BCUT2D eigenvalue weighted by atomic mass is 10.1. The summed E-state index contributed by atoms with van der Waals surface area (Å²) in [6.07, 6.45) is 0. The number of rotatable bonds is 9. The van der Waals surface area contributed by atoms with Crippen LogP contribution < -0.4 is 10.1 Å². The van der Waals surface area contributed by atoms with Gasteiger partial charge in [0.05, 0.1) is 17.5 Å².